The molecular formula is C14H11BrN2O2S. The van der Waals surface area contributed by atoms with Gasteiger partial charge in [-0.3, -0.25) is 0 Å². The van der Waals surface area contributed by atoms with Gasteiger partial charge in [0.15, 0.2) is 0 Å². The number of nitriles is 1. The van der Waals surface area contributed by atoms with Crippen molar-refractivity contribution < 1.29 is 8.42 Å². The molecule has 0 aromatic heterocycles. The summed E-state index contributed by atoms with van der Waals surface area (Å²) in [7, 11) is -3.73. The van der Waals surface area contributed by atoms with Crippen molar-refractivity contribution in [2.24, 2.45) is 0 Å². The predicted octanol–water partition coefficient (Wildman–Crippen LogP) is 2.99. The van der Waals surface area contributed by atoms with Crippen molar-refractivity contribution in [2.45, 2.75) is 10.9 Å². The van der Waals surface area contributed by atoms with E-state index in [1.807, 2.05) is 6.07 Å². The normalized spacial score (nSPS) is 12.6. The van der Waals surface area contributed by atoms with Gasteiger partial charge in [-0.1, -0.05) is 46.3 Å². The lowest BCUT2D eigenvalue weighted by Crippen LogP contribution is -2.27. The Morgan fingerprint density at radius 1 is 1.05 bits per heavy atom. The van der Waals surface area contributed by atoms with E-state index in [1.165, 1.54) is 12.1 Å². The van der Waals surface area contributed by atoms with Crippen molar-refractivity contribution in [1.82, 2.24) is 4.72 Å². The minimum absolute atomic E-state index is 0.122. The van der Waals surface area contributed by atoms with Crippen LogP contribution < -0.4 is 4.72 Å². The number of nitrogens with one attached hydrogen (secondary N) is 1. The lowest BCUT2D eigenvalue weighted by molar-refractivity contribution is 0.575. The van der Waals surface area contributed by atoms with Gasteiger partial charge in [-0.2, -0.15) is 9.98 Å². The molecule has 0 radical (unpaired) electrons. The Hall–Kier alpha value is -1.68. The Bertz CT molecular complexity index is 722. The highest BCUT2D eigenvalue weighted by atomic mass is 79.9. The van der Waals surface area contributed by atoms with Crippen molar-refractivity contribution in [3.63, 3.8) is 0 Å². The summed E-state index contributed by atoms with van der Waals surface area (Å²) in [5.41, 5.74) is 0.607. The summed E-state index contributed by atoms with van der Waals surface area (Å²) >= 11 is 3.25. The second-order valence-electron chi connectivity index (χ2n) is 4.05. The Kier molecular flexibility index (Phi) is 4.55. The molecule has 1 unspecified atom stereocenters. The fourth-order valence-electron chi connectivity index (χ4n) is 1.65. The van der Waals surface area contributed by atoms with E-state index in [1.54, 1.807) is 42.5 Å². The quantitative estimate of drug-likeness (QED) is 0.921. The molecule has 4 nitrogen and oxygen atoms in total. The van der Waals surface area contributed by atoms with Crippen LogP contribution in [0.15, 0.2) is 64.0 Å². The third kappa shape index (κ3) is 3.45. The molecule has 1 N–H and O–H groups in total. The molecule has 0 bridgehead atoms. The topological polar surface area (TPSA) is 70.0 Å². The van der Waals surface area contributed by atoms with Gasteiger partial charge in [0.25, 0.3) is 0 Å². The maximum Gasteiger partial charge on any atom is 0.242 e. The summed E-state index contributed by atoms with van der Waals surface area (Å²) in [6, 6.07) is 16.0. The van der Waals surface area contributed by atoms with Crippen LogP contribution in [-0.4, -0.2) is 8.42 Å². The maximum absolute atomic E-state index is 12.2. The standard InChI is InChI=1S/C14H11BrN2O2S/c15-12-6-8-13(9-7-12)20(18,19)17-14(10-16)11-4-2-1-3-5-11/h1-9,14,17H. The molecule has 0 aliphatic carbocycles. The smallest absolute Gasteiger partial charge is 0.207 e. The number of rotatable bonds is 4. The molecule has 0 saturated carbocycles. The Morgan fingerprint density at radius 3 is 2.20 bits per heavy atom. The van der Waals surface area contributed by atoms with Gasteiger partial charge in [0.1, 0.15) is 6.04 Å². The number of hydrogen-bond donors (Lipinski definition) is 1. The fraction of sp³-hybridized carbons (Fsp3) is 0.0714. The third-order valence-electron chi connectivity index (χ3n) is 2.66. The van der Waals surface area contributed by atoms with Crippen LogP contribution in [0.3, 0.4) is 0 Å². The summed E-state index contributed by atoms with van der Waals surface area (Å²) in [6.45, 7) is 0. The second kappa shape index (κ2) is 6.18. The molecule has 0 saturated heterocycles. The molecule has 2 aromatic rings. The molecule has 0 aliphatic heterocycles. The van der Waals surface area contributed by atoms with E-state index in [4.69, 9.17) is 5.26 Å². The monoisotopic (exact) mass is 350 g/mol. The summed E-state index contributed by atoms with van der Waals surface area (Å²) in [6.07, 6.45) is 0. The Morgan fingerprint density at radius 2 is 1.65 bits per heavy atom. The Labute approximate surface area is 126 Å². The SMILES string of the molecule is N#CC(NS(=O)(=O)c1ccc(Br)cc1)c1ccccc1. The van der Waals surface area contributed by atoms with Crippen LogP contribution in [0, 0.1) is 11.3 Å². The molecule has 1 atom stereocenters. The van der Waals surface area contributed by atoms with Crippen LogP contribution in [0.4, 0.5) is 0 Å². The molecule has 102 valence electrons. The number of halogens is 1. The van der Waals surface area contributed by atoms with Gasteiger partial charge in [0, 0.05) is 4.47 Å². The average Bonchev–Trinajstić information content (AvgIpc) is 2.46. The average molecular weight is 351 g/mol. The molecule has 20 heavy (non-hydrogen) atoms. The highest BCUT2D eigenvalue weighted by Crippen LogP contribution is 2.18. The van der Waals surface area contributed by atoms with Gasteiger partial charge >= 0.3 is 0 Å². The van der Waals surface area contributed by atoms with Crippen molar-refractivity contribution >= 4 is 26.0 Å². The first kappa shape index (κ1) is 14.7. The molecular weight excluding hydrogens is 340 g/mol. The molecule has 2 aromatic carbocycles. The van der Waals surface area contributed by atoms with E-state index in [-0.39, 0.29) is 4.90 Å². The first-order valence-electron chi connectivity index (χ1n) is 5.75. The maximum atomic E-state index is 12.2. The molecule has 6 heteroatoms. The molecule has 0 amide bonds. The van der Waals surface area contributed by atoms with Gasteiger partial charge in [-0.05, 0) is 29.8 Å². The van der Waals surface area contributed by atoms with E-state index < -0.39 is 16.1 Å². The summed E-state index contributed by atoms with van der Waals surface area (Å²) in [5.74, 6) is 0. The zero-order valence-electron chi connectivity index (χ0n) is 10.3. The zero-order valence-corrected chi connectivity index (χ0v) is 12.7. The van der Waals surface area contributed by atoms with Crippen molar-refractivity contribution in [2.75, 3.05) is 0 Å². The summed E-state index contributed by atoms with van der Waals surface area (Å²) in [4.78, 5) is 0.122. The van der Waals surface area contributed by atoms with Gasteiger partial charge in [-0.25, -0.2) is 8.42 Å². The first-order chi connectivity index (χ1) is 9.53. The lowest BCUT2D eigenvalue weighted by Gasteiger charge is -2.12. The van der Waals surface area contributed by atoms with Crippen LogP contribution in [0.25, 0.3) is 0 Å². The van der Waals surface area contributed by atoms with Crippen LogP contribution in [0.1, 0.15) is 11.6 Å². The Balaban J connectivity index is 2.28. The van der Waals surface area contributed by atoms with Crippen molar-refractivity contribution in [3.05, 3.63) is 64.6 Å². The van der Waals surface area contributed by atoms with Crippen LogP contribution >= 0.6 is 15.9 Å². The molecule has 0 heterocycles. The van der Waals surface area contributed by atoms with Crippen LogP contribution in [-0.2, 0) is 10.0 Å². The summed E-state index contributed by atoms with van der Waals surface area (Å²) < 4.78 is 27.6. The number of benzene rings is 2. The van der Waals surface area contributed by atoms with Crippen LogP contribution in [0.2, 0.25) is 0 Å². The fourth-order valence-corrected chi connectivity index (χ4v) is 3.05. The van der Waals surface area contributed by atoms with Gasteiger partial charge in [-0.15, -0.1) is 0 Å². The first-order valence-corrected chi connectivity index (χ1v) is 8.03. The van der Waals surface area contributed by atoms with E-state index in [0.29, 0.717) is 5.56 Å². The van der Waals surface area contributed by atoms with Gasteiger partial charge in [0.2, 0.25) is 10.0 Å². The molecule has 0 fully saturated rings. The molecule has 2 rings (SSSR count). The van der Waals surface area contributed by atoms with Crippen molar-refractivity contribution in [1.29, 1.82) is 5.26 Å². The van der Waals surface area contributed by atoms with Gasteiger partial charge in [0.05, 0.1) is 11.0 Å². The lowest BCUT2D eigenvalue weighted by atomic mass is 10.1. The third-order valence-corrected chi connectivity index (χ3v) is 4.63. The number of nitrogens with zero attached hydrogens (tertiary/aromatic N) is 1. The highest BCUT2D eigenvalue weighted by molar-refractivity contribution is 9.10. The molecule has 0 spiro atoms. The van der Waals surface area contributed by atoms with E-state index >= 15 is 0 Å². The number of hydrogen-bond acceptors (Lipinski definition) is 3. The van der Waals surface area contributed by atoms with E-state index in [0.717, 1.165) is 4.47 Å². The largest absolute Gasteiger partial charge is 0.242 e. The van der Waals surface area contributed by atoms with Gasteiger partial charge < -0.3 is 0 Å². The zero-order chi connectivity index (χ0) is 14.6. The summed E-state index contributed by atoms with van der Waals surface area (Å²) in [5, 5.41) is 9.15. The van der Waals surface area contributed by atoms with Crippen molar-refractivity contribution in [3.8, 4) is 6.07 Å². The minimum atomic E-state index is -3.73. The minimum Gasteiger partial charge on any atom is -0.207 e. The van der Waals surface area contributed by atoms with E-state index in [2.05, 4.69) is 20.7 Å². The van der Waals surface area contributed by atoms with Crippen LogP contribution in [0.5, 0.6) is 0 Å². The van der Waals surface area contributed by atoms with E-state index in [9.17, 15) is 8.42 Å². The number of sulfonamides is 1. The highest BCUT2D eigenvalue weighted by Gasteiger charge is 2.20. The predicted molar refractivity (Wildman–Crippen MR) is 79.3 cm³/mol. The second-order valence-corrected chi connectivity index (χ2v) is 6.68. The molecule has 0 aliphatic rings.